The largest absolute Gasteiger partial charge is 0.481 e. The van der Waals surface area contributed by atoms with Crippen molar-refractivity contribution >= 4 is 22.8 Å². The number of aliphatic carboxylic acids is 1. The molecule has 0 saturated heterocycles. The maximum atomic E-state index is 14.5. The summed E-state index contributed by atoms with van der Waals surface area (Å²) in [6, 6.07) is 8.43. The van der Waals surface area contributed by atoms with Gasteiger partial charge in [-0.05, 0) is 18.2 Å². The molecule has 0 amide bonds. The van der Waals surface area contributed by atoms with Crippen molar-refractivity contribution in [1.29, 1.82) is 0 Å². The Labute approximate surface area is 165 Å². The van der Waals surface area contributed by atoms with E-state index >= 15 is 0 Å². The Morgan fingerprint density at radius 3 is 2.40 bits per heavy atom. The summed E-state index contributed by atoms with van der Waals surface area (Å²) in [5.41, 5.74) is -2.92. The van der Waals surface area contributed by atoms with Gasteiger partial charge in [-0.2, -0.15) is 18.3 Å². The Morgan fingerprint density at radius 1 is 1.10 bits per heavy atom. The molecular weight excluding hydrogens is 411 g/mol. The first-order valence-corrected chi connectivity index (χ1v) is 8.50. The first-order valence-electron chi connectivity index (χ1n) is 8.50. The fraction of sp³-hybridized carbons (Fsp3) is 0.150. The molecule has 1 heterocycles. The Kier molecular flexibility index (Phi) is 5.68. The molecule has 1 N–H and O–H groups in total. The molecule has 1 aromatic heterocycles. The Balaban J connectivity index is 2.03. The molecule has 0 fully saturated rings. The molecule has 0 saturated carbocycles. The number of nitrogens with zero attached hydrogens (tertiary/aromatic N) is 2. The van der Waals surface area contributed by atoms with Gasteiger partial charge in [0, 0.05) is 10.9 Å². The third kappa shape index (κ3) is 4.37. The van der Waals surface area contributed by atoms with Crippen LogP contribution in [0.2, 0.25) is 0 Å². The number of carbonyl (C=O) groups is 1. The second-order valence-electron chi connectivity index (χ2n) is 6.32. The van der Waals surface area contributed by atoms with Crippen LogP contribution in [0.25, 0.3) is 16.8 Å². The molecule has 30 heavy (non-hydrogen) atoms. The van der Waals surface area contributed by atoms with Crippen molar-refractivity contribution in [1.82, 2.24) is 9.78 Å². The molecule has 2 aromatic carbocycles. The number of alkyl halides is 3. The lowest BCUT2D eigenvalue weighted by Gasteiger charge is -2.11. The summed E-state index contributed by atoms with van der Waals surface area (Å²) < 4.78 is 67.6. The van der Waals surface area contributed by atoms with E-state index in [1.807, 2.05) is 0 Å². The van der Waals surface area contributed by atoms with Crippen molar-refractivity contribution in [2.45, 2.75) is 19.1 Å². The van der Waals surface area contributed by atoms with E-state index in [1.54, 1.807) is 6.07 Å². The molecule has 3 rings (SSSR count). The van der Waals surface area contributed by atoms with Gasteiger partial charge in [0.15, 0.2) is 0 Å². The molecular formula is C20H13F5N2O3. The highest BCUT2D eigenvalue weighted by atomic mass is 19.4. The first kappa shape index (κ1) is 21.2. The maximum absolute atomic E-state index is 14.5. The van der Waals surface area contributed by atoms with Gasteiger partial charge in [-0.3, -0.25) is 9.59 Å². The molecule has 0 aliphatic heterocycles. The smallest absolute Gasteiger partial charge is 0.419 e. The van der Waals surface area contributed by atoms with Gasteiger partial charge in [0.05, 0.1) is 29.6 Å². The van der Waals surface area contributed by atoms with E-state index < -0.39 is 53.4 Å². The second-order valence-corrected chi connectivity index (χ2v) is 6.32. The van der Waals surface area contributed by atoms with Crippen LogP contribution in [-0.4, -0.2) is 20.9 Å². The predicted molar refractivity (Wildman–Crippen MR) is 97.8 cm³/mol. The maximum Gasteiger partial charge on any atom is 0.419 e. The summed E-state index contributed by atoms with van der Waals surface area (Å²) in [5.74, 6) is -4.01. The zero-order valence-corrected chi connectivity index (χ0v) is 15.1. The standard InChI is InChI=1S/C20H13F5N2O3/c21-12(8-11-4-3-7-15(18(11)22)20(23,24)25)10-27-19(30)14-6-2-1-5-13(14)16(26-27)9-17(28)29/h1-8H,9-10H2,(H,28,29)/b12-8-. The van der Waals surface area contributed by atoms with Crippen molar-refractivity contribution in [2.24, 2.45) is 0 Å². The van der Waals surface area contributed by atoms with Crippen LogP contribution in [0.5, 0.6) is 0 Å². The Morgan fingerprint density at radius 2 is 1.77 bits per heavy atom. The fourth-order valence-corrected chi connectivity index (χ4v) is 2.92. The summed E-state index contributed by atoms with van der Waals surface area (Å²) in [6.07, 6.45) is -4.95. The number of hydrogen-bond acceptors (Lipinski definition) is 3. The highest BCUT2D eigenvalue weighted by Gasteiger charge is 2.34. The van der Waals surface area contributed by atoms with Gasteiger partial charge < -0.3 is 5.11 Å². The van der Waals surface area contributed by atoms with E-state index in [-0.39, 0.29) is 16.5 Å². The van der Waals surface area contributed by atoms with Crippen LogP contribution in [0.15, 0.2) is 53.1 Å². The third-order valence-corrected chi connectivity index (χ3v) is 4.21. The number of carboxylic acids is 1. The van der Waals surface area contributed by atoms with E-state index in [2.05, 4.69) is 5.10 Å². The van der Waals surface area contributed by atoms with Crippen molar-refractivity contribution in [2.75, 3.05) is 0 Å². The monoisotopic (exact) mass is 424 g/mol. The van der Waals surface area contributed by atoms with E-state index in [0.29, 0.717) is 16.8 Å². The molecule has 0 atom stereocenters. The number of allylic oxidation sites excluding steroid dienone is 1. The zero-order chi connectivity index (χ0) is 22.1. The molecule has 0 spiro atoms. The quantitative estimate of drug-likeness (QED) is 0.624. The van der Waals surface area contributed by atoms with E-state index in [0.717, 1.165) is 12.1 Å². The number of rotatable bonds is 5. The zero-order valence-electron chi connectivity index (χ0n) is 15.1. The van der Waals surface area contributed by atoms with Crippen LogP contribution in [0.4, 0.5) is 22.0 Å². The molecule has 10 heteroatoms. The minimum Gasteiger partial charge on any atom is -0.481 e. The molecule has 0 unspecified atom stereocenters. The summed E-state index contributed by atoms with van der Waals surface area (Å²) in [7, 11) is 0. The van der Waals surface area contributed by atoms with Gasteiger partial charge in [0.1, 0.15) is 11.6 Å². The van der Waals surface area contributed by atoms with Crippen LogP contribution in [-0.2, 0) is 23.9 Å². The SMILES string of the molecule is O=C(O)Cc1nn(C/C(F)=C/c2cccc(C(F)(F)F)c2F)c(=O)c2ccccc12. The number of aromatic nitrogens is 2. The topological polar surface area (TPSA) is 72.2 Å². The minimum absolute atomic E-state index is 0.00995. The summed E-state index contributed by atoms with van der Waals surface area (Å²) >= 11 is 0. The molecule has 0 aliphatic carbocycles. The number of carboxylic acid groups (broad SMARTS) is 1. The lowest BCUT2D eigenvalue weighted by Crippen LogP contribution is -2.25. The highest BCUT2D eigenvalue weighted by molar-refractivity contribution is 5.86. The fourth-order valence-electron chi connectivity index (χ4n) is 2.92. The third-order valence-electron chi connectivity index (χ3n) is 4.21. The predicted octanol–water partition coefficient (Wildman–Crippen LogP) is 4.19. The van der Waals surface area contributed by atoms with Crippen LogP contribution >= 0.6 is 0 Å². The van der Waals surface area contributed by atoms with Crippen LogP contribution in [0.3, 0.4) is 0 Å². The van der Waals surface area contributed by atoms with Crippen LogP contribution in [0, 0.1) is 5.82 Å². The minimum atomic E-state index is -4.95. The Bertz CT molecular complexity index is 1220. The first-order chi connectivity index (χ1) is 14.1. The van der Waals surface area contributed by atoms with Gasteiger partial charge in [0.2, 0.25) is 0 Å². The van der Waals surface area contributed by atoms with Gasteiger partial charge in [-0.15, -0.1) is 0 Å². The van der Waals surface area contributed by atoms with Gasteiger partial charge in [0.25, 0.3) is 5.56 Å². The lowest BCUT2D eigenvalue weighted by molar-refractivity contribution is -0.140. The molecule has 3 aromatic rings. The molecule has 0 bridgehead atoms. The average Bonchev–Trinajstić information content (AvgIpc) is 2.66. The van der Waals surface area contributed by atoms with E-state index in [4.69, 9.17) is 5.11 Å². The van der Waals surface area contributed by atoms with Gasteiger partial charge in [-0.25, -0.2) is 13.5 Å². The average molecular weight is 424 g/mol. The molecule has 0 aliphatic rings. The lowest BCUT2D eigenvalue weighted by atomic mass is 10.1. The van der Waals surface area contributed by atoms with E-state index in [1.165, 1.54) is 18.2 Å². The van der Waals surface area contributed by atoms with Crippen LogP contribution < -0.4 is 5.56 Å². The summed E-state index contributed by atoms with van der Waals surface area (Å²) in [6.45, 7) is -0.814. The molecule has 156 valence electrons. The van der Waals surface area contributed by atoms with Gasteiger partial charge >= 0.3 is 12.1 Å². The second kappa shape index (κ2) is 8.05. The van der Waals surface area contributed by atoms with Crippen molar-refractivity contribution in [3.8, 4) is 0 Å². The number of halogens is 5. The van der Waals surface area contributed by atoms with Crippen molar-refractivity contribution in [3.05, 3.63) is 81.3 Å². The number of fused-ring (bicyclic) bond motifs is 1. The molecule has 5 nitrogen and oxygen atoms in total. The molecule has 0 radical (unpaired) electrons. The Hall–Kier alpha value is -3.56. The van der Waals surface area contributed by atoms with E-state index in [9.17, 15) is 31.5 Å². The summed E-state index contributed by atoms with van der Waals surface area (Å²) in [5, 5.41) is 13.3. The van der Waals surface area contributed by atoms with Gasteiger partial charge in [-0.1, -0.05) is 30.3 Å². The number of benzene rings is 2. The van der Waals surface area contributed by atoms with Crippen LogP contribution in [0.1, 0.15) is 16.8 Å². The van der Waals surface area contributed by atoms with Crippen molar-refractivity contribution < 1.29 is 31.9 Å². The highest BCUT2D eigenvalue weighted by Crippen LogP contribution is 2.33. The summed E-state index contributed by atoms with van der Waals surface area (Å²) in [4.78, 5) is 23.6. The van der Waals surface area contributed by atoms with Crippen molar-refractivity contribution in [3.63, 3.8) is 0 Å². The number of hydrogen-bond donors (Lipinski definition) is 1. The normalized spacial score (nSPS) is 12.4.